The van der Waals surface area contributed by atoms with Crippen LogP contribution in [0.3, 0.4) is 0 Å². The summed E-state index contributed by atoms with van der Waals surface area (Å²) in [6.45, 7) is -0.421. The molecule has 41 heavy (non-hydrogen) atoms. The van der Waals surface area contributed by atoms with E-state index in [1.807, 2.05) is 4.72 Å². The Labute approximate surface area is 231 Å². The first-order chi connectivity index (χ1) is 19.5. The van der Waals surface area contributed by atoms with Gasteiger partial charge in [0.05, 0.1) is 40.9 Å². The second kappa shape index (κ2) is 9.70. The van der Waals surface area contributed by atoms with Crippen molar-refractivity contribution in [2.45, 2.75) is 25.4 Å². The van der Waals surface area contributed by atoms with Gasteiger partial charge in [-0.2, -0.15) is 0 Å². The Balaban J connectivity index is 1.66. The summed E-state index contributed by atoms with van der Waals surface area (Å²) in [6, 6.07) is 9.19. The molecule has 1 aliphatic rings. The van der Waals surface area contributed by atoms with Gasteiger partial charge < -0.3 is 19.3 Å². The van der Waals surface area contributed by atoms with Crippen molar-refractivity contribution in [3.05, 3.63) is 93.7 Å². The molecule has 3 heterocycles. The van der Waals surface area contributed by atoms with Crippen molar-refractivity contribution in [1.29, 1.82) is 0 Å². The third kappa shape index (κ3) is 4.88. The van der Waals surface area contributed by atoms with Crippen molar-refractivity contribution in [2.24, 2.45) is 0 Å². The van der Waals surface area contributed by atoms with Gasteiger partial charge in [-0.1, -0.05) is 0 Å². The molecule has 0 unspecified atom stereocenters. The number of H-pyrrole nitrogens is 1. The lowest BCUT2D eigenvalue weighted by Crippen LogP contribution is -2.32. The highest BCUT2D eigenvalue weighted by atomic mass is 32.2. The number of furan rings is 1. The van der Waals surface area contributed by atoms with E-state index in [-0.39, 0.29) is 55.9 Å². The number of sulfonamides is 1. The van der Waals surface area contributed by atoms with Crippen molar-refractivity contribution < 1.29 is 31.2 Å². The molecule has 1 saturated carbocycles. The third-order valence-corrected chi connectivity index (χ3v) is 7.40. The first-order valence-electron chi connectivity index (χ1n) is 12.5. The van der Waals surface area contributed by atoms with E-state index in [0.29, 0.717) is 0 Å². The number of amides is 2. The molecule has 2 amide bonds. The fourth-order valence-corrected chi connectivity index (χ4v) is 5.34. The number of aromatic amines is 1. The van der Waals surface area contributed by atoms with Gasteiger partial charge in [-0.3, -0.25) is 14.4 Å². The van der Waals surface area contributed by atoms with Crippen LogP contribution < -0.4 is 15.6 Å². The van der Waals surface area contributed by atoms with Crippen LogP contribution in [0.4, 0.5) is 8.78 Å². The normalized spacial score (nSPS) is 13.5. The van der Waals surface area contributed by atoms with Crippen LogP contribution in [-0.2, 0) is 16.6 Å². The van der Waals surface area contributed by atoms with Crippen LogP contribution in [-0.4, -0.2) is 42.1 Å². The van der Waals surface area contributed by atoms with E-state index >= 15 is 8.78 Å². The van der Waals surface area contributed by atoms with E-state index in [2.05, 4.69) is 10.3 Å². The number of fused-ring (bicyclic) bond motifs is 3. The zero-order valence-electron chi connectivity index (χ0n) is 21.5. The Morgan fingerprint density at radius 3 is 2.59 bits per heavy atom. The van der Waals surface area contributed by atoms with E-state index in [4.69, 9.17) is 4.42 Å². The van der Waals surface area contributed by atoms with Gasteiger partial charge in [0.2, 0.25) is 10.0 Å². The Morgan fingerprint density at radius 1 is 1.10 bits per heavy atom. The van der Waals surface area contributed by atoms with Gasteiger partial charge in [-0.05, 0) is 55.3 Å². The summed E-state index contributed by atoms with van der Waals surface area (Å²) in [5.41, 5.74) is -0.856. The largest absolute Gasteiger partial charge is 0.463 e. The molecule has 1 aliphatic carbocycles. The van der Waals surface area contributed by atoms with Crippen LogP contribution in [0.15, 0.2) is 64.1 Å². The number of pyridine rings is 1. The molecule has 13 heteroatoms. The van der Waals surface area contributed by atoms with Gasteiger partial charge in [-0.15, -0.1) is 0 Å². The molecule has 5 aromatic rings. The number of halogens is 2. The number of nitrogens with one attached hydrogen (secondary N) is 3. The quantitative estimate of drug-likeness (QED) is 0.268. The predicted octanol–water partition coefficient (Wildman–Crippen LogP) is 3.65. The first-order valence-corrected chi connectivity index (χ1v) is 14.4. The predicted molar refractivity (Wildman–Crippen MR) is 146 cm³/mol. The maximum Gasteiger partial charge on any atom is 0.282 e. The number of aromatic nitrogens is 2. The lowest BCUT2D eigenvalue weighted by Gasteiger charge is -2.14. The minimum Gasteiger partial charge on any atom is -0.463 e. The molecule has 2 aromatic carbocycles. The second-order valence-corrected chi connectivity index (χ2v) is 11.6. The fourth-order valence-electron chi connectivity index (χ4n) is 4.91. The monoisotopic (exact) mass is 580 g/mol. The zero-order valence-corrected chi connectivity index (χ0v) is 22.3. The molecule has 3 N–H and O–H groups in total. The highest BCUT2D eigenvalue weighted by Gasteiger charge is 2.31. The van der Waals surface area contributed by atoms with Gasteiger partial charge in [0.1, 0.15) is 22.9 Å². The molecule has 6 rings (SSSR count). The van der Waals surface area contributed by atoms with Crippen LogP contribution in [0.25, 0.3) is 33.0 Å². The van der Waals surface area contributed by atoms with Crippen molar-refractivity contribution in [1.82, 2.24) is 19.6 Å². The van der Waals surface area contributed by atoms with Crippen molar-refractivity contribution >= 4 is 43.7 Å². The van der Waals surface area contributed by atoms with E-state index in [9.17, 15) is 22.8 Å². The van der Waals surface area contributed by atoms with Crippen LogP contribution in [0.1, 0.15) is 39.3 Å². The smallest absolute Gasteiger partial charge is 0.282 e. The van der Waals surface area contributed by atoms with Crippen LogP contribution in [0, 0.1) is 11.6 Å². The molecule has 1 fully saturated rings. The Morgan fingerprint density at radius 2 is 1.88 bits per heavy atom. The molecule has 0 atom stereocenters. The van der Waals surface area contributed by atoms with Crippen LogP contribution in [0.5, 0.6) is 0 Å². The van der Waals surface area contributed by atoms with Gasteiger partial charge in [-0.25, -0.2) is 21.9 Å². The highest BCUT2D eigenvalue weighted by Crippen LogP contribution is 2.40. The highest BCUT2D eigenvalue weighted by molar-refractivity contribution is 7.89. The summed E-state index contributed by atoms with van der Waals surface area (Å²) >= 11 is 0. The maximum absolute atomic E-state index is 15.3. The van der Waals surface area contributed by atoms with Crippen molar-refractivity contribution in [3.63, 3.8) is 0 Å². The number of nitrogens with zero attached hydrogens (tertiary/aromatic N) is 1. The van der Waals surface area contributed by atoms with Gasteiger partial charge >= 0.3 is 0 Å². The summed E-state index contributed by atoms with van der Waals surface area (Å²) in [6.07, 6.45) is 5.08. The summed E-state index contributed by atoms with van der Waals surface area (Å²) in [4.78, 5) is 41.8. The average molecular weight is 581 g/mol. The molecule has 10 nitrogen and oxygen atoms in total. The summed E-state index contributed by atoms with van der Waals surface area (Å²) in [7, 11) is -4.10. The minimum absolute atomic E-state index is 0.00319. The van der Waals surface area contributed by atoms with Gasteiger partial charge in [0.25, 0.3) is 17.4 Å². The molecular weight excluding hydrogens is 558 g/mol. The second-order valence-electron chi connectivity index (χ2n) is 9.90. The third-order valence-electron chi connectivity index (χ3n) is 6.85. The maximum atomic E-state index is 15.3. The molecule has 0 aliphatic heterocycles. The van der Waals surface area contributed by atoms with E-state index in [1.165, 1.54) is 47.4 Å². The van der Waals surface area contributed by atoms with Crippen LogP contribution in [0.2, 0.25) is 0 Å². The molecule has 0 spiro atoms. The number of carbonyl (C=O) groups excluding carboxylic acids is 2. The molecule has 0 saturated heterocycles. The number of hydrogen-bond donors (Lipinski definition) is 3. The van der Waals surface area contributed by atoms with Gasteiger partial charge in [0.15, 0.2) is 0 Å². The zero-order chi connectivity index (χ0) is 29.1. The standard InChI is InChI=1S/C28H22F2N4O6S/c1-41(38,39)33-28(37)24-22(18-3-2-9-31-27(18)36)23-21(12-20(30)17-8-10-40-25(17)23)34(24)13-15-11-14(4-7-19(15)29)26(35)32-16-5-6-16/h2-4,7-12,16H,5-6,13H2,1H3,(H,31,36)(H,32,35)(H,33,37). The first kappa shape index (κ1) is 26.4. The number of benzene rings is 2. The number of rotatable bonds is 7. The van der Waals surface area contributed by atoms with Crippen molar-refractivity contribution in [2.75, 3.05) is 6.26 Å². The van der Waals surface area contributed by atoms with Gasteiger partial charge in [0, 0.05) is 28.9 Å². The summed E-state index contributed by atoms with van der Waals surface area (Å²) in [5.74, 6) is -2.98. The summed E-state index contributed by atoms with van der Waals surface area (Å²) in [5, 5.41) is 3.02. The SMILES string of the molecule is CS(=O)(=O)NC(=O)c1c(-c2ccc[nH]c2=O)c2c3occc3c(F)cc2n1Cc1cc(C(=O)NC2CC2)ccc1F. The average Bonchev–Trinajstić information content (AvgIpc) is 3.47. The molecule has 0 radical (unpaired) electrons. The molecule has 3 aromatic heterocycles. The van der Waals surface area contributed by atoms with E-state index < -0.39 is 45.6 Å². The Bertz CT molecular complexity index is 2060. The molecular formula is C28H22F2N4O6S. The van der Waals surface area contributed by atoms with E-state index in [0.717, 1.165) is 31.2 Å². The minimum atomic E-state index is -4.10. The number of carbonyl (C=O) groups is 2. The number of hydrogen-bond acceptors (Lipinski definition) is 6. The summed E-state index contributed by atoms with van der Waals surface area (Å²) < 4.78 is 63.4. The molecule has 210 valence electrons. The Kier molecular flexibility index (Phi) is 6.25. The van der Waals surface area contributed by atoms with E-state index in [1.54, 1.807) is 0 Å². The Hall–Kier alpha value is -4.78. The molecule has 0 bridgehead atoms. The topological polar surface area (TPSA) is 143 Å². The lowest BCUT2D eigenvalue weighted by molar-refractivity contribution is 0.0947. The lowest BCUT2D eigenvalue weighted by atomic mass is 10.0. The fraction of sp³-hybridized carbons (Fsp3) is 0.179. The van der Waals surface area contributed by atoms with Crippen LogP contribution >= 0.6 is 0 Å². The van der Waals surface area contributed by atoms with Crippen molar-refractivity contribution in [3.8, 4) is 11.1 Å².